The number of benzene rings is 1. The Labute approximate surface area is 101 Å². The molecule has 0 aliphatic rings. The summed E-state index contributed by atoms with van der Waals surface area (Å²) in [4.78, 5) is 1.49. The van der Waals surface area contributed by atoms with Crippen molar-refractivity contribution in [3.63, 3.8) is 0 Å². The average Bonchev–Trinajstić information content (AvgIpc) is 2.73. The van der Waals surface area contributed by atoms with Crippen molar-refractivity contribution in [2.45, 2.75) is 26.4 Å². The molecule has 2 aromatic rings. The standard InChI is InChI=1S/C14H17NS/c1-11-8-9-16-14(11)10-15-12(2)13-6-4-3-5-7-13/h3-9,12,15H,10H2,1-2H3/p+1/t12-/m1/s1. The van der Waals surface area contributed by atoms with Gasteiger partial charge in [0.1, 0.15) is 12.6 Å². The lowest BCUT2D eigenvalue weighted by Gasteiger charge is -2.10. The molecule has 0 aliphatic carbocycles. The van der Waals surface area contributed by atoms with E-state index in [1.54, 1.807) is 0 Å². The van der Waals surface area contributed by atoms with E-state index in [0.29, 0.717) is 6.04 Å². The summed E-state index contributed by atoms with van der Waals surface area (Å²) in [5, 5.41) is 4.57. The predicted octanol–water partition coefficient (Wildman–Crippen LogP) is 2.88. The van der Waals surface area contributed by atoms with Crippen LogP contribution in [0.5, 0.6) is 0 Å². The third kappa shape index (κ3) is 2.71. The lowest BCUT2D eigenvalue weighted by Crippen LogP contribution is -2.82. The van der Waals surface area contributed by atoms with Gasteiger partial charge in [0.15, 0.2) is 0 Å². The van der Waals surface area contributed by atoms with Gasteiger partial charge in [-0.25, -0.2) is 0 Å². The summed E-state index contributed by atoms with van der Waals surface area (Å²) < 4.78 is 0. The second kappa shape index (κ2) is 5.28. The van der Waals surface area contributed by atoms with Gasteiger partial charge in [-0.05, 0) is 30.9 Å². The molecule has 0 amide bonds. The lowest BCUT2D eigenvalue weighted by atomic mass is 10.1. The largest absolute Gasteiger partial charge is 0.336 e. The quantitative estimate of drug-likeness (QED) is 0.835. The summed E-state index contributed by atoms with van der Waals surface area (Å²) in [7, 11) is 0. The molecule has 2 N–H and O–H groups in total. The van der Waals surface area contributed by atoms with Crippen molar-refractivity contribution < 1.29 is 5.32 Å². The summed E-state index contributed by atoms with van der Waals surface area (Å²) in [5.41, 5.74) is 2.82. The van der Waals surface area contributed by atoms with Crippen molar-refractivity contribution in [1.82, 2.24) is 0 Å². The number of quaternary nitrogens is 1. The molecule has 16 heavy (non-hydrogen) atoms. The maximum Gasteiger partial charge on any atom is 0.111 e. The van der Waals surface area contributed by atoms with Gasteiger partial charge in [-0.1, -0.05) is 30.3 Å². The molecule has 1 atom stereocenters. The Bertz CT molecular complexity index is 433. The number of rotatable bonds is 4. The summed E-state index contributed by atoms with van der Waals surface area (Å²) in [6.45, 7) is 5.53. The molecule has 0 radical (unpaired) electrons. The first kappa shape index (κ1) is 11.4. The molecule has 2 heteroatoms. The van der Waals surface area contributed by atoms with E-state index in [0.717, 1.165) is 6.54 Å². The minimum Gasteiger partial charge on any atom is -0.336 e. The van der Waals surface area contributed by atoms with Crippen LogP contribution in [0.4, 0.5) is 0 Å². The zero-order chi connectivity index (χ0) is 11.4. The van der Waals surface area contributed by atoms with Gasteiger partial charge in [-0.15, -0.1) is 11.3 Å². The minimum atomic E-state index is 0.530. The molecule has 0 saturated heterocycles. The van der Waals surface area contributed by atoms with Crippen molar-refractivity contribution in [2.24, 2.45) is 0 Å². The van der Waals surface area contributed by atoms with Crippen LogP contribution in [0.15, 0.2) is 41.8 Å². The van der Waals surface area contributed by atoms with Gasteiger partial charge in [0, 0.05) is 5.56 Å². The van der Waals surface area contributed by atoms with E-state index in [4.69, 9.17) is 0 Å². The zero-order valence-corrected chi connectivity index (χ0v) is 10.6. The molecule has 2 rings (SSSR count). The molecule has 1 aromatic carbocycles. The van der Waals surface area contributed by atoms with Crippen molar-refractivity contribution in [1.29, 1.82) is 0 Å². The highest BCUT2D eigenvalue weighted by molar-refractivity contribution is 7.10. The maximum absolute atomic E-state index is 2.40. The first-order valence-electron chi connectivity index (χ1n) is 5.68. The molecule has 1 nitrogen and oxygen atoms in total. The van der Waals surface area contributed by atoms with E-state index >= 15 is 0 Å². The zero-order valence-electron chi connectivity index (χ0n) is 9.81. The van der Waals surface area contributed by atoms with Gasteiger partial charge in [-0.3, -0.25) is 0 Å². The van der Waals surface area contributed by atoms with Gasteiger partial charge in [0.05, 0.1) is 4.88 Å². The van der Waals surface area contributed by atoms with Crippen LogP contribution >= 0.6 is 11.3 Å². The smallest absolute Gasteiger partial charge is 0.111 e. The molecule has 1 heterocycles. The van der Waals surface area contributed by atoms with Gasteiger partial charge in [0.25, 0.3) is 0 Å². The first-order chi connectivity index (χ1) is 7.77. The second-order valence-electron chi connectivity index (χ2n) is 4.17. The Morgan fingerprint density at radius 1 is 1.19 bits per heavy atom. The van der Waals surface area contributed by atoms with Gasteiger partial charge in [0.2, 0.25) is 0 Å². The van der Waals surface area contributed by atoms with E-state index in [2.05, 4.69) is 60.9 Å². The number of nitrogens with two attached hydrogens (primary N) is 1. The Hall–Kier alpha value is -1.12. The Morgan fingerprint density at radius 3 is 2.56 bits per heavy atom. The summed E-state index contributed by atoms with van der Waals surface area (Å²) in [5.74, 6) is 0. The molecule has 1 aromatic heterocycles. The number of thiophene rings is 1. The molecular formula is C14H18NS+. The Morgan fingerprint density at radius 2 is 1.94 bits per heavy atom. The molecule has 0 spiro atoms. The highest BCUT2D eigenvalue weighted by Crippen LogP contribution is 2.14. The van der Waals surface area contributed by atoms with Crippen LogP contribution in [0, 0.1) is 6.92 Å². The summed E-state index contributed by atoms with van der Waals surface area (Å²) in [6.07, 6.45) is 0. The van der Waals surface area contributed by atoms with Crippen LogP contribution in [0.25, 0.3) is 0 Å². The van der Waals surface area contributed by atoms with Crippen molar-refractivity contribution in [2.75, 3.05) is 0 Å². The van der Waals surface area contributed by atoms with Gasteiger partial charge in [-0.2, -0.15) is 0 Å². The fraction of sp³-hybridized carbons (Fsp3) is 0.286. The highest BCUT2D eigenvalue weighted by atomic mass is 32.1. The fourth-order valence-electron chi connectivity index (χ4n) is 1.79. The average molecular weight is 232 g/mol. The fourth-order valence-corrected chi connectivity index (χ4v) is 2.67. The normalized spacial score (nSPS) is 12.6. The molecule has 0 unspecified atom stereocenters. The van der Waals surface area contributed by atoms with E-state index < -0.39 is 0 Å². The van der Waals surface area contributed by atoms with Crippen LogP contribution < -0.4 is 5.32 Å². The van der Waals surface area contributed by atoms with Crippen LogP contribution in [-0.4, -0.2) is 0 Å². The van der Waals surface area contributed by atoms with Gasteiger partial charge >= 0.3 is 0 Å². The predicted molar refractivity (Wildman–Crippen MR) is 69.5 cm³/mol. The monoisotopic (exact) mass is 232 g/mol. The summed E-state index contributed by atoms with van der Waals surface area (Å²) >= 11 is 1.86. The first-order valence-corrected chi connectivity index (χ1v) is 6.56. The van der Waals surface area contributed by atoms with Crippen molar-refractivity contribution >= 4 is 11.3 Å². The van der Waals surface area contributed by atoms with Crippen molar-refractivity contribution in [3.05, 3.63) is 57.8 Å². The van der Waals surface area contributed by atoms with Crippen LogP contribution in [0.3, 0.4) is 0 Å². The SMILES string of the molecule is Cc1ccsc1C[NH2+][C@H](C)c1ccccc1. The van der Waals surface area contributed by atoms with E-state index in [1.165, 1.54) is 16.0 Å². The molecule has 0 bridgehead atoms. The number of aryl methyl sites for hydroxylation is 1. The molecule has 0 saturated carbocycles. The molecular weight excluding hydrogens is 214 g/mol. The van der Waals surface area contributed by atoms with Crippen LogP contribution in [0.2, 0.25) is 0 Å². The second-order valence-corrected chi connectivity index (χ2v) is 5.17. The third-order valence-electron chi connectivity index (χ3n) is 2.95. The Balaban J connectivity index is 1.94. The summed E-state index contributed by atoms with van der Waals surface area (Å²) in [6, 6.07) is 13.4. The third-order valence-corrected chi connectivity index (χ3v) is 4.00. The molecule has 0 fully saturated rings. The topological polar surface area (TPSA) is 16.6 Å². The minimum absolute atomic E-state index is 0.530. The van der Waals surface area contributed by atoms with E-state index in [-0.39, 0.29) is 0 Å². The van der Waals surface area contributed by atoms with E-state index in [9.17, 15) is 0 Å². The lowest BCUT2D eigenvalue weighted by molar-refractivity contribution is -0.707. The molecule has 84 valence electrons. The molecule has 0 aliphatic heterocycles. The maximum atomic E-state index is 2.40. The Kier molecular flexibility index (Phi) is 3.75. The van der Waals surface area contributed by atoms with Gasteiger partial charge < -0.3 is 5.32 Å². The number of hydrogen-bond acceptors (Lipinski definition) is 1. The number of hydrogen-bond donors (Lipinski definition) is 1. The highest BCUT2D eigenvalue weighted by Gasteiger charge is 2.09. The van der Waals surface area contributed by atoms with E-state index in [1.807, 2.05) is 11.3 Å². The van der Waals surface area contributed by atoms with Crippen molar-refractivity contribution in [3.8, 4) is 0 Å². The van der Waals surface area contributed by atoms with Crippen LogP contribution in [-0.2, 0) is 6.54 Å². The van der Waals surface area contributed by atoms with Crippen LogP contribution in [0.1, 0.15) is 29.0 Å².